The summed E-state index contributed by atoms with van der Waals surface area (Å²) in [6.45, 7) is 0. The van der Waals surface area contributed by atoms with Gasteiger partial charge in [-0.15, -0.1) is 0 Å². The number of nitrogens with zero attached hydrogens (tertiary/aromatic N) is 2. The predicted octanol–water partition coefficient (Wildman–Crippen LogP) is 2.84. The van der Waals surface area contributed by atoms with Gasteiger partial charge in [0.2, 0.25) is 5.95 Å². The zero-order valence-electron chi connectivity index (χ0n) is 8.24. The lowest BCUT2D eigenvalue weighted by molar-refractivity contribution is 1.15. The molecule has 2 aromatic rings. The maximum atomic E-state index is 5.91. The van der Waals surface area contributed by atoms with Gasteiger partial charge in [0.05, 0.1) is 5.69 Å². The molecule has 0 radical (unpaired) electrons. The summed E-state index contributed by atoms with van der Waals surface area (Å²) >= 11 is 5.91. The minimum Gasteiger partial charge on any atom is -0.357 e. The van der Waals surface area contributed by atoms with E-state index in [2.05, 4.69) is 15.3 Å². The molecule has 3 nitrogen and oxygen atoms in total. The standard InChI is InChI=1S/C11H10ClN3/c1-13-11-14-6-5-10(15-11)8-3-2-4-9(12)7-8/h2-7H,1H3,(H,13,14,15). The van der Waals surface area contributed by atoms with Gasteiger partial charge in [0.15, 0.2) is 0 Å². The first-order valence-electron chi connectivity index (χ1n) is 4.56. The first-order valence-corrected chi connectivity index (χ1v) is 4.94. The third kappa shape index (κ3) is 2.25. The van der Waals surface area contributed by atoms with Crippen molar-refractivity contribution < 1.29 is 0 Å². The highest BCUT2D eigenvalue weighted by atomic mass is 35.5. The number of benzene rings is 1. The molecule has 1 N–H and O–H groups in total. The highest BCUT2D eigenvalue weighted by molar-refractivity contribution is 6.30. The van der Waals surface area contributed by atoms with Crippen LogP contribution in [0.15, 0.2) is 36.5 Å². The van der Waals surface area contributed by atoms with E-state index in [9.17, 15) is 0 Å². The third-order valence-electron chi connectivity index (χ3n) is 2.00. The van der Waals surface area contributed by atoms with Crippen molar-refractivity contribution in [2.45, 2.75) is 0 Å². The highest BCUT2D eigenvalue weighted by Crippen LogP contribution is 2.20. The van der Waals surface area contributed by atoms with Crippen molar-refractivity contribution in [3.8, 4) is 11.3 Å². The molecule has 0 aliphatic heterocycles. The molecule has 4 heteroatoms. The van der Waals surface area contributed by atoms with Crippen LogP contribution in [0.1, 0.15) is 0 Å². The van der Waals surface area contributed by atoms with Gasteiger partial charge in [-0.3, -0.25) is 0 Å². The van der Waals surface area contributed by atoms with Gasteiger partial charge in [-0.25, -0.2) is 9.97 Å². The van der Waals surface area contributed by atoms with Crippen molar-refractivity contribution in [1.29, 1.82) is 0 Å². The van der Waals surface area contributed by atoms with Gasteiger partial charge >= 0.3 is 0 Å². The van der Waals surface area contributed by atoms with Crippen LogP contribution in [0.4, 0.5) is 5.95 Å². The SMILES string of the molecule is CNc1nccc(-c2cccc(Cl)c2)n1. The lowest BCUT2D eigenvalue weighted by atomic mass is 10.1. The molecule has 1 heterocycles. The van der Waals surface area contributed by atoms with Gasteiger partial charge in [0.25, 0.3) is 0 Å². The predicted molar refractivity (Wildman–Crippen MR) is 62.0 cm³/mol. The van der Waals surface area contributed by atoms with E-state index in [0.717, 1.165) is 11.3 Å². The summed E-state index contributed by atoms with van der Waals surface area (Å²) < 4.78 is 0. The Morgan fingerprint density at radius 1 is 1.27 bits per heavy atom. The molecule has 0 bridgehead atoms. The number of nitrogens with one attached hydrogen (secondary N) is 1. The minimum atomic E-state index is 0.604. The second-order valence-electron chi connectivity index (χ2n) is 3.03. The fraction of sp³-hybridized carbons (Fsp3) is 0.0909. The quantitative estimate of drug-likeness (QED) is 0.844. The van der Waals surface area contributed by atoms with E-state index in [1.807, 2.05) is 30.3 Å². The topological polar surface area (TPSA) is 37.8 Å². The molecule has 2 rings (SSSR count). The van der Waals surface area contributed by atoms with Crippen molar-refractivity contribution in [2.75, 3.05) is 12.4 Å². The first kappa shape index (κ1) is 9.93. The normalized spacial score (nSPS) is 10.0. The van der Waals surface area contributed by atoms with Crippen molar-refractivity contribution in [1.82, 2.24) is 9.97 Å². The van der Waals surface area contributed by atoms with Crippen molar-refractivity contribution in [3.05, 3.63) is 41.6 Å². The Hall–Kier alpha value is -1.61. The Bertz CT molecular complexity index is 471. The number of anilines is 1. The van der Waals surface area contributed by atoms with E-state index < -0.39 is 0 Å². The number of hydrogen-bond donors (Lipinski definition) is 1. The van der Waals surface area contributed by atoms with E-state index >= 15 is 0 Å². The summed E-state index contributed by atoms with van der Waals surface area (Å²) in [5.74, 6) is 0.604. The lowest BCUT2D eigenvalue weighted by Crippen LogP contribution is -1.96. The number of rotatable bonds is 2. The number of hydrogen-bond acceptors (Lipinski definition) is 3. The molecule has 76 valence electrons. The molecule has 0 spiro atoms. The second kappa shape index (κ2) is 4.28. The van der Waals surface area contributed by atoms with Crippen molar-refractivity contribution in [2.24, 2.45) is 0 Å². The van der Waals surface area contributed by atoms with Crippen LogP contribution in [0.5, 0.6) is 0 Å². The molecule has 0 aliphatic carbocycles. The Labute approximate surface area is 93.1 Å². The zero-order valence-corrected chi connectivity index (χ0v) is 8.99. The van der Waals surface area contributed by atoms with Crippen LogP contribution in [0.25, 0.3) is 11.3 Å². The van der Waals surface area contributed by atoms with Crippen molar-refractivity contribution in [3.63, 3.8) is 0 Å². The zero-order chi connectivity index (χ0) is 10.7. The molecular formula is C11H10ClN3. The molecule has 0 aliphatic rings. The maximum Gasteiger partial charge on any atom is 0.222 e. The van der Waals surface area contributed by atoms with Gasteiger partial charge in [-0.2, -0.15) is 0 Å². The van der Waals surface area contributed by atoms with Crippen LogP contribution >= 0.6 is 11.6 Å². The molecular weight excluding hydrogens is 210 g/mol. The van der Waals surface area contributed by atoms with Gasteiger partial charge < -0.3 is 5.32 Å². The van der Waals surface area contributed by atoms with E-state index in [1.165, 1.54) is 0 Å². The fourth-order valence-electron chi connectivity index (χ4n) is 1.29. The monoisotopic (exact) mass is 219 g/mol. The highest BCUT2D eigenvalue weighted by Gasteiger charge is 2.01. The largest absolute Gasteiger partial charge is 0.357 e. The van der Waals surface area contributed by atoms with Gasteiger partial charge in [0, 0.05) is 23.8 Å². The third-order valence-corrected chi connectivity index (χ3v) is 2.23. The van der Waals surface area contributed by atoms with Crippen LogP contribution in [0.2, 0.25) is 5.02 Å². The molecule has 0 saturated carbocycles. The van der Waals surface area contributed by atoms with Crippen LogP contribution in [-0.4, -0.2) is 17.0 Å². The maximum absolute atomic E-state index is 5.91. The summed E-state index contributed by atoms with van der Waals surface area (Å²) in [6.07, 6.45) is 1.72. The average molecular weight is 220 g/mol. The first-order chi connectivity index (χ1) is 7.29. The summed E-state index contributed by atoms with van der Waals surface area (Å²) in [6, 6.07) is 9.44. The Morgan fingerprint density at radius 3 is 2.87 bits per heavy atom. The molecule has 0 amide bonds. The Balaban J connectivity index is 2.44. The minimum absolute atomic E-state index is 0.604. The van der Waals surface area contributed by atoms with Gasteiger partial charge in [-0.05, 0) is 18.2 Å². The number of halogens is 1. The summed E-state index contributed by atoms with van der Waals surface area (Å²) in [5.41, 5.74) is 1.85. The summed E-state index contributed by atoms with van der Waals surface area (Å²) in [7, 11) is 1.79. The molecule has 15 heavy (non-hydrogen) atoms. The molecule has 1 aromatic carbocycles. The van der Waals surface area contributed by atoms with E-state index in [-0.39, 0.29) is 0 Å². The van der Waals surface area contributed by atoms with E-state index in [1.54, 1.807) is 13.2 Å². The molecule has 0 atom stereocenters. The molecule has 0 unspecified atom stereocenters. The van der Waals surface area contributed by atoms with Crippen LogP contribution in [-0.2, 0) is 0 Å². The van der Waals surface area contributed by atoms with Gasteiger partial charge in [-0.1, -0.05) is 23.7 Å². The molecule has 0 fully saturated rings. The summed E-state index contributed by atoms with van der Waals surface area (Å²) in [4.78, 5) is 8.37. The second-order valence-corrected chi connectivity index (χ2v) is 3.46. The van der Waals surface area contributed by atoms with Crippen LogP contribution in [0, 0.1) is 0 Å². The average Bonchev–Trinajstić information content (AvgIpc) is 2.29. The summed E-state index contributed by atoms with van der Waals surface area (Å²) in [5, 5.41) is 3.60. The van der Waals surface area contributed by atoms with Gasteiger partial charge in [0.1, 0.15) is 0 Å². The Morgan fingerprint density at radius 2 is 2.13 bits per heavy atom. The number of aromatic nitrogens is 2. The molecule has 1 aromatic heterocycles. The van der Waals surface area contributed by atoms with Crippen molar-refractivity contribution >= 4 is 17.5 Å². The van der Waals surface area contributed by atoms with Crippen LogP contribution in [0.3, 0.4) is 0 Å². The molecule has 0 saturated heterocycles. The van der Waals surface area contributed by atoms with E-state index in [4.69, 9.17) is 11.6 Å². The fourth-order valence-corrected chi connectivity index (χ4v) is 1.48. The Kier molecular flexibility index (Phi) is 2.83. The smallest absolute Gasteiger partial charge is 0.222 e. The van der Waals surface area contributed by atoms with E-state index in [0.29, 0.717) is 11.0 Å². The lowest BCUT2D eigenvalue weighted by Gasteiger charge is -2.03. The van der Waals surface area contributed by atoms with Crippen LogP contribution < -0.4 is 5.32 Å².